The van der Waals surface area contributed by atoms with E-state index in [0.717, 1.165) is 11.8 Å². The molecule has 3 unspecified atom stereocenters. The maximum Gasteiger partial charge on any atom is 0.415 e. The van der Waals surface area contributed by atoms with Crippen LogP contribution in [0.3, 0.4) is 0 Å². The van der Waals surface area contributed by atoms with Crippen molar-refractivity contribution in [2.45, 2.75) is 42.3 Å². The van der Waals surface area contributed by atoms with Crippen molar-refractivity contribution in [1.82, 2.24) is 9.80 Å². The van der Waals surface area contributed by atoms with Crippen LogP contribution in [0, 0.1) is 10.1 Å². The molecule has 2 rings (SSSR count). The lowest BCUT2D eigenvalue weighted by molar-refractivity contribution is -0.575. The minimum atomic E-state index is -1.73. The van der Waals surface area contributed by atoms with Gasteiger partial charge in [-0.1, -0.05) is 18.2 Å². The number of nitrogens with two attached hydrogens (primary N) is 1. The van der Waals surface area contributed by atoms with Crippen LogP contribution in [-0.4, -0.2) is 73.4 Å². The molecule has 31 heavy (non-hydrogen) atoms. The maximum atomic E-state index is 12.9. The molecule has 1 saturated heterocycles. The second kappa shape index (κ2) is 10.7. The van der Waals surface area contributed by atoms with Crippen molar-refractivity contribution >= 4 is 42.4 Å². The molecule has 0 aliphatic carbocycles. The molecule has 5 atom stereocenters. The van der Waals surface area contributed by atoms with E-state index in [4.69, 9.17) is 10.5 Å². The lowest BCUT2D eigenvalue weighted by atomic mass is 10.1. The molecular weight excluding hydrogens is 448 g/mol. The van der Waals surface area contributed by atoms with Gasteiger partial charge in [0.1, 0.15) is 11.5 Å². The van der Waals surface area contributed by atoms with Crippen LogP contribution in [0.2, 0.25) is 0 Å². The number of benzene rings is 1. The molecule has 13 heteroatoms. The van der Waals surface area contributed by atoms with Gasteiger partial charge in [0.25, 0.3) is 0 Å². The summed E-state index contributed by atoms with van der Waals surface area (Å²) in [6, 6.07) is 5.85. The van der Waals surface area contributed by atoms with E-state index < -0.39 is 46.7 Å². The summed E-state index contributed by atoms with van der Waals surface area (Å²) < 4.78 is 5.17. The standard InChI is InChI=1S/C18H24N4O7S2/c1-10(23)21(17(19)25)15(24)14(31-2)13-8-12(30)9-20(13)18(26)29-16(22(27)28)11-6-4-3-5-7-11/h3-7,10,12-14,16,23,30H,8-9H2,1-2H3,(H2,19,25)/t10?,12-,13-,14?,16?/m0/s1. The lowest BCUT2D eigenvalue weighted by Crippen LogP contribution is -2.55. The van der Waals surface area contributed by atoms with Crippen LogP contribution >= 0.6 is 24.4 Å². The van der Waals surface area contributed by atoms with Gasteiger partial charge < -0.3 is 20.5 Å². The Hall–Kier alpha value is -2.51. The van der Waals surface area contributed by atoms with Crippen LogP contribution in [0.25, 0.3) is 0 Å². The molecule has 0 aromatic heterocycles. The molecule has 1 aliphatic rings. The zero-order valence-electron chi connectivity index (χ0n) is 16.9. The summed E-state index contributed by atoms with van der Waals surface area (Å²) >= 11 is 5.44. The number of imide groups is 1. The van der Waals surface area contributed by atoms with E-state index in [1.54, 1.807) is 24.5 Å². The Morgan fingerprint density at radius 1 is 1.39 bits per heavy atom. The van der Waals surface area contributed by atoms with E-state index in [1.165, 1.54) is 24.0 Å². The van der Waals surface area contributed by atoms with Crippen molar-refractivity contribution in [1.29, 1.82) is 0 Å². The van der Waals surface area contributed by atoms with E-state index in [2.05, 4.69) is 12.6 Å². The molecule has 0 spiro atoms. The first-order valence-electron chi connectivity index (χ1n) is 9.25. The average Bonchev–Trinajstić information content (AvgIpc) is 3.07. The van der Waals surface area contributed by atoms with Crippen molar-refractivity contribution in [2.75, 3.05) is 12.8 Å². The fourth-order valence-corrected chi connectivity index (χ4v) is 4.67. The van der Waals surface area contributed by atoms with Crippen LogP contribution < -0.4 is 5.73 Å². The molecule has 1 aromatic rings. The number of thiol groups is 1. The Balaban J connectivity index is 2.27. The van der Waals surface area contributed by atoms with Gasteiger partial charge in [-0.2, -0.15) is 12.6 Å². The number of urea groups is 1. The van der Waals surface area contributed by atoms with Gasteiger partial charge in [-0.3, -0.25) is 14.9 Å². The summed E-state index contributed by atoms with van der Waals surface area (Å²) in [7, 11) is 0. The Kier molecular flexibility index (Phi) is 8.53. The lowest BCUT2D eigenvalue weighted by Gasteiger charge is -2.32. The zero-order chi connectivity index (χ0) is 23.3. The molecule has 11 nitrogen and oxygen atoms in total. The molecule has 4 amide bonds. The summed E-state index contributed by atoms with van der Waals surface area (Å²) in [5.41, 5.74) is 5.40. The van der Waals surface area contributed by atoms with Crippen LogP contribution in [0.1, 0.15) is 25.1 Å². The third kappa shape index (κ3) is 5.80. The average molecular weight is 473 g/mol. The number of nitro groups is 1. The minimum Gasteiger partial charge on any atom is -0.377 e. The SMILES string of the molecule is CSC(C(=O)N(C(N)=O)C(C)O)[C@@H]1C[C@H](S)CN1C(=O)OC(c1ccccc1)[N+](=O)[O-]. The van der Waals surface area contributed by atoms with E-state index in [-0.39, 0.29) is 23.8 Å². The third-order valence-electron chi connectivity index (χ3n) is 4.74. The fraction of sp³-hybridized carbons (Fsp3) is 0.500. The first-order valence-corrected chi connectivity index (χ1v) is 11.1. The highest BCUT2D eigenvalue weighted by molar-refractivity contribution is 8.00. The number of ether oxygens (including phenoxy) is 1. The molecule has 1 aromatic carbocycles. The number of nitrogens with zero attached hydrogens (tertiary/aromatic N) is 3. The van der Waals surface area contributed by atoms with E-state index in [1.807, 2.05) is 0 Å². The highest BCUT2D eigenvalue weighted by Gasteiger charge is 2.46. The highest BCUT2D eigenvalue weighted by Crippen LogP contribution is 2.32. The Bertz CT molecular complexity index is 826. The molecule has 0 bridgehead atoms. The molecule has 1 heterocycles. The Morgan fingerprint density at radius 3 is 2.48 bits per heavy atom. The number of primary amides is 1. The molecule has 0 radical (unpaired) electrons. The van der Waals surface area contributed by atoms with Gasteiger partial charge in [-0.15, -0.1) is 11.8 Å². The van der Waals surface area contributed by atoms with Crippen molar-refractivity contribution in [3.63, 3.8) is 0 Å². The summed E-state index contributed by atoms with van der Waals surface area (Å²) in [6.45, 7) is 1.30. The fourth-order valence-electron chi connectivity index (χ4n) is 3.39. The summed E-state index contributed by atoms with van der Waals surface area (Å²) in [5.74, 6) is -0.783. The molecule has 0 saturated carbocycles. The number of carbonyl (C=O) groups is 3. The number of likely N-dealkylation sites (tertiary alicyclic amines) is 1. The van der Waals surface area contributed by atoms with Gasteiger partial charge in [0.15, 0.2) is 0 Å². The Morgan fingerprint density at radius 2 is 2.00 bits per heavy atom. The number of hydrogen-bond acceptors (Lipinski definition) is 9. The number of aliphatic hydroxyl groups is 1. The minimum absolute atomic E-state index is 0.0847. The number of amides is 4. The number of carbonyl (C=O) groups excluding carboxylic acids is 3. The topological polar surface area (TPSA) is 156 Å². The molecular formula is C18H24N4O7S2. The number of aliphatic hydroxyl groups excluding tert-OH is 1. The summed E-state index contributed by atoms with van der Waals surface area (Å²) in [4.78, 5) is 49.9. The summed E-state index contributed by atoms with van der Waals surface area (Å²) in [5, 5.41) is 20.0. The molecule has 1 aliphatic heterocycles. The highest BCUT2D eigenvalue weighted by atomic mass is 32.2. The van der Waals surface area contributed by atoms with Gasteiger partial charge in [-0.05, 0) is 31.7 Å². The zero-order valence-corrected chi connectivity index (χ0v) is 18.6. The second-order valence-electron chi connectivity index (χ2n) is 6.88. The number of thioether (sulfide) groups is 1. The van der Waals surface area contributed by atoms with Gasteiger partial charge in [0.05, 0.1) is 16.5 Å². The van der Waals surface area contributed by atoms with E-state index in [9.17, 15) is 29.6 Å². The van der Waals surface area contributed by atoms with Crippen LogP contribution in [-0.2, 0) is 9.53 Å². The quantitative estimate of drug-likeness (QED) is 0.233. The molecule has 3 N–H and O–H groups in total. The molecule has 1 fully saturated rings. The van der Waals surface area contributed by atoms with E-state index in [0.29, 0.717) is 4.90 Å². The van der Waals surface area contributed by atoms with Crippen LogP contribution in [0.5, 0.6) is 0 Å². The third-order valence-corrected chi connectivity index (χ3v) is 6.14. The van der Waals surface area contributed by atoms with Crippen LogP contribution in [0.15, 0.2) is 30.3 Å². The molecule has 170 valence electrons. The Labute approximate surface area is 188 Å². The first-order chi connectivity index (χ1) is 14.6. The monoisotopic (exact) mass is 472 g/mol. The number of hydrogen-bond donors (Lipinski definition) is 3. The predicted molar refractivity (Wildman–Crippen MR) is 116 cm³/mol. The number of rotatable bonds is 7. The van der Waals surface area contributed by atoms with Crippen molar-refractivity contribution < 1.29 is 29.2 Å². The van der Waals surface area contributed by atoms with Crippen molar-refractivity contribution in [3.8, 4) is 0 Å². The van der Waals surface area contributed by atoms with Gasteiger partial charge in [0.2, 0.25) is 5.91 Å². The van der Waals surface area contributed by atoms with Gasteiger partial charge >= 0.3 is 18.4 Å². The van der Waals surface area contributed by atoms with Gasteiger partial charge in [-0.25, -0.2) is 14.5 Å². The van der Waals surface area contributed by atoms with E-state index >= 15 is 0 Å². The largest absolute Gasteiger partial charge is 0.415 e. The summed E-state index contributed by atoms with van der Waals surface area (Å²) in [6.07, 6.45) is -2.30. The van der Waals surface area contributed by atoms with Crippen LogP contribution in [0.4, 0.5) is 9.59 Å². The van der Waals surface area contributed by atoms with Gasteiger partial charge in [0, 0.05) is 11.8 Å². The van der Waals surface area contributed by atoms with Crippen molar-refractivity contribution in [3.05, 3.63) is 46.0 Å². The predicted octanol–water partition coefficient (Wildman–Crippen LogP) is 1.45. The smallest absolute Gasteiger partial charge is 0.377 e. The second-order valence-corrected chi connectivity index (χ2v) is 8.59. The first kappa shape index (κ1) is 24.8. The normalized spacial score (nSPS) is 21.1. The van der Waals surface area contributed by atoms with Crippen molar-refractivity contribution in [2.24, 2.45) is 5.73 Å². The maximum absolute atomic E-state index is 12.9.